The zero-order valence-electron chi connectivity index (χ0n) is 12.7. The number of alkyl halides is 2. The average molecular weight is 326 g/mol. The van der Waals surface area contributed by atoms with E-state index in [4.69, 9.17) is 4.74 Å². The van der Waals surface area contributed by atoms with Crippen LogP contribution in [-0.2, 0) is 9.53 Å². The van der Waals surface area contributed by atoms with Crippen molar-refractivity contribution in [1.29, 1.82) is 0 Å². The van der Waals surface area contributed by atoms with Gasteiger partial charge in [-0.3, -0.25) is 9.69 Å². The number of ether oxygens (including phenoxy) is 2. The Morgan fingerprint density at radius 2 is 2.09 bits per heavy atom. The van der Waals surface area contributed by atoms with Crippen LogP contribution in [0, 0.1) is 0 Å². The number of amides is 1. The number of halogens is 2. The summed E-state index contributed by atoms with van der Waals surface area (Å²) < 4.78 is 34.3. The Kier molecular flexibility index (Phi) is 6.96. The van der Waals surface area contributed by atoms with Gasteiger partial charge in [0.05, 0.1) is 13.2 Å². The molecule has 1 aliphatic heterocycles. The zero-order chi connectivity index (χ0) is 16.5. The van der Waals surface area contributed by atoms with E-state index in [1.54, 1.807) is 18.2 Å². The van der Waals surface area contributed by atoms with Crippen LogP contribution in [0.15, 0.2) is 30.3 Å². The molecule has 1 aromatic rings. The standard InChI is InChI=1S/C16H20F2N2O3/c17-16(18)23-14-4-2-1-3-13(14)5-6-15(21)19-7-8-20-9-11-22-12-10-20/h1-6,16H,7-12H2,(H,19,21)/b6-5-. The second-order valence-corrected chi connectivity index (χ2v) is 4.99. The number of nitrogens with zero attached hydrogens (tertiary/aromatic N) is 1. The molecule has 0 spiro atoms. The monoisotopic (exact) mass is 326 g/mol. The number of morpholine rings is 1. The second-order valence-electron chi connectivity index (χ2n) is 4.99. The Morgan fingerprint density at radius 1 is 1.35 bits per heavy atom. The fraction of sp³-hybridized carbons (Fsp3) is 0.438. The van der Waals surface area contributed by atoms with Crippen LogP contribution < -0.4 is 10.1 Å². The van der Waals surface area contributed by atoms with Crippen molar-refractivity contribution in [2.45, 2.75) is 6.61 Å². The number of nitrogens with one attached hydrogen (secondary N) is 1. The first-order valence-corrected chi connectivity index (χ1v) is 7.45. The predicted octanol–water partition coefficient (Wildman–Crippen LogP) is 1.75. The van der Waals surface area contributed by atoms with Crippen molar-refractivity contribution < 1.29 is 23.0 Å². The molecule has 1 amide bonds. The molecule has 0 radical (unpaired) electrons. The molecule has 126 valence electrons. The van der Waals surface area contributed by atoms with Crippen molar-refractivity contribution in [1.82, 2.24) is 10.2 Å². The minimum absolute atomic E-state index is 0.0415. The quantitative estimate of drug-likeness (QED) is 0.776. The highest BCUT2D eigenvalue weighted by atomic mass is 19.3. The van der Waals surface area contributed by atoms with Gasteiger partial charge in [0.2, 0.25) is 5.91 Å². The Morgan fingerprint density at radius 3 is 2.83 bits per heavy atom. The first-order valence-electron chi connectivity index (χ1n) is 7.45. The smallest absolute Gasteiger partial charge is 0.387 e. The fourth-order valence-electron chi connectivity index (χ4n) is 2.21. The van der Waals surface area contributed by atoms with Gasteiger partial charge in [-0.05, 0) is 12.1 Å². The fourth-order valence-corrected chi connectivity index (χ4v) is 2.21. The van der Waals surface area contributed by atoms with Crippen LogP contribution in [0.4, 0.5) is 8.78 Å². The third kappa shape index (κ3) is 6.33. The van der Waals surface area contributed by atoms with Crippen LogP contribution in [0.25, 0.3) is 6.08 Å². The van der Waals surface area contributed by atoms with E-state index in [1.807, 2.05) is 0 Å². The number of carbonyl (C=O) groups excluding carboxylic acids is 1. The predicted molar refractivity (Wildman–Crippen MR) is 82.4 cm³/mol. The Hall–Kier alpha value is -1.99. The summed E-state index contributed by atoms with van der Waals surface area (Å²) in [5.41, 5.74) is 0.427. The Balaban J connectivity index is 1.79. The number of carbonyl (C=O) groups is 1. The van der Waals surface area contributed by atoms with Crippen LogP contribution in [-0.4, -0.2) is 56.8 Å². The zero-order valence-corrected chi connectivity index (χ0v) is 12.7. The van der Waals surface area contributed by atoms with Crippen LogP contribution in [0.3, 0.4) is 0 Å². The van der Waals surface area contributed by atoms with Gasteiger partial charge in [0, 0.05) is 37.8 Å². The molecule has 1 fully saturated rings. The van der Waals surface area contributed by atoms with E-state index in [1.165, 1.54) is 18.2 Å². The van der Waals surface area contributed by atoms with Crippen LogP contribution in [0.1, 0.15) is 5.56 Å². The van der Waals surface area contributed by atoms with Gasteiger partial charge in [0.1, 0.15) is 5.75 Å². The molecule has 1 heterocycles. The number of hydrogen-bond acceptors (Lipinski definition) is 4. The highest BCUT2D eigenvalue weighted by molar-refractivity contribution is 5.92. The SMILES string of the molecule is O=C(/C=C\c1ccccc1OC(F)F)NCCN1CCOCC1. The van der Waals surface area contributed by atoms with Crippen LogP contribution >= 0.6 is 0 Å². The summed E-state index contributed by atoms with van der Waals surface area (Å²) in [5, 5.41) is 2.76. The highest BCUT2D eigenvalue weighted by Crippen LogP contribution is 2.21. The summed E-state index contributed by atoms with van der Waals surface area (Å²) in [6.45, 7) is 1.55. The number of benzene rings is 1. The number of para-hydroxylation sites is 1. The van der Waals surface area contributed by atoms with Crippen molar-refractivity contribution in [2.24, 2.45) is 0 Å². The summed E-state index contributed by atoms with van der Waals surface area (Å²) in [7, 11) is 0. The van der Waals surface area contributed by atoms with Crippen molar-refractivity contribution in [3.8, 4) is 5.75 Å². The molecular formula is C16H20F2N2O3. The topological polar surface area (TPSA) is 50.8 Å². The molecule has 0 bridgehead atoms. The number of hydrogen-bond donors (Lipinski definition) is 1. The highest BCUT2D eigenvalue weighted by Gasteiger charge is 2.10. The largest absolute Gasteiger partial charge is 0.434 e. The number of rotatable bonds is 7. The van der Waals surface area contributed by atoms with Crippen LogP contribution in [0.2, 0.25) is 0 Å². The molecule has 0 unspecified atom stereocenters. The lowest BCUT2D eigenvalue weighted by molar-refractivity contribution is -0.116. The lowest BCUT2D eigenvalue weighted by Crippen LogP contribution is -2.41. The minimum Gasteiger partial charge on any atom is -0.434 e. The molecule has 5 nitrogen and oxygen atoms in total. The van der Waals surface area contributed by atoms with Crippen LogP contribution in [0.5, 0.6) is 5.75 Å². The maximum Gasteiger partial charge on any atom is 0.387 e. The summed E-state index contributed by atoms with van der Waals surface area (Å²) in [5.74, 6) is -0.232. The van der Waals surface area contributed by atoms with Gasteiger partial charge in [-0.25, -0.2) is 0 Å². The van der Waals surface area contributed by atoms with Gasteiger partial charge in [-0.2, -0.15) is 8.78 Å². The average Bonchev–Trinajstić information content (AvgIpc) is 2.54. The van der Waals surface area contributed by atoms with E-state index in [-0.39, 0.29) is 11.7 Å². The van der Waals surface area contributed by atoms with E-state index < -0.39 is 6.61 Å². The van der Waals surface area contributed by atoms with Gasteiger partial charge in [0.15, 0.2) is 0 Å². The molecule has 1 aliphatic rings. The lowest BCUT2D eigenvalue weighted by atomic mass is 10.2. The van der Waals surface area contributed by atoms with E-state index >= 15 is 0 Å². The molecular weight excluding hydrogens is 306 g/mol. The molecule has 1 aromatic carbocycles. The maximum atomic E-state index is 12.3. The molecule has 1 saturated heterocycles. The summed E-state index contributed by atoms with van der Waals surface area (Å²) >= 11 is 0. The Labute approximate surface area is 133 Å². The van der Waals surface area contributed by atoms with E-state index in [2.05, 4.69) is 15.0 Å². The van der Waals surface area contributed by atoms with Gasteiger partial charge in [0.25, 0.3) is 0 Å². The second kappa shape index (κ2) is 9.22. The van der Waals surface area contributed by atoms with Crippen molar-refractivity contribution in [3.63, 3.8) is 0 Å². The van der Waals surface area contributed by atoms with Crippen molar-refractivity contribution in [2.75, 3.05) is 39.4 Å². The maximum absolute atomic E-state index is 12.3. The molecule has 1 N–H and O–H groups in total. The van der Waals surface area contributed by atoms with Crippen molar-refractivity contribution in [3.05, 3.63) is 35.9 Å². The van der Waals surface area contributed by atoms with Crippen molar-refractivity contribution >= 4 is 12.0 Å². The third-order valence-electron chi connectivity index (χ3n) is 3.38. The van der Waals surface area contributed by atoms with Gasteiger partial charge < -0.3 is 14.8 Å². The minimum atomic E-state index is -2.90. The normalized spacial score (nSPS) is 16.0. The summed E-state index contributed by atoms with van der Waals surface area (Å²) in [4.78, 5) is 14.0. The van der Waals surface area contributed by atoms with E-state index in [0.29, 0.717) is 12.1 Å². The molecule has 0 atom stereocenters. The first kappa shape index (κ1) is 17.4. The summed E-state index contributed by atoms with van der Waals surface area (Å²) in [6, 6.07) is 6.32. The Bertz CT molecular complexity index is 532. The molecule has 23 heavy (non-hydrogen) atoms. The van der Waals surface area contributed by atoms with E-state index in [9.17, 15) is 13.6 Å². The molecule has 7 heteroatoms. The molecule has 0 saturated carbocycles. The van der Waals surface area contributed by atoms with Gasteiger partial charge in [-0.15, -0.1) is 0 Å². The third-order valence-corrected chi connectivity index (χ3v) is 3.38. The summed E-state index contributed by atoms with van der Waals surface area (Å²) in [6.07, 6.45) is 2.77. The van der Waals surface area contributed by atoms with E-state index in [0.717, 1.165) is 32.8 Å². The molecule has 2 rings (SSSR count). The molecule has 0 aromatic heterocycles. The lowest BCUT2D eigenvalue weighted by Gasteiger charge is -2.26. The van der Waals surface area contributed by atoms with Gasteiger partial charge >= 0.3 is 6.61 Å². The first-order chi connectivity index (χ1) is 11.1. The van der Waals surface area contributed by atoms with Gasteiger partial charge in [-0.1, -0.05) is 18.2 Å². The molecule has 0 aliphatic carbocycles.